The van der Waals surface area contributed by atoms with E-state index in [1.807, 2.05) is 10.9 Å². The molecule has 0 amide bonds. The topological polar surface area (TPSA) is 29.9 Å². The van der Waals surface area contributed by atoms with Crippen LogP contribution in [0.3, 0.4) is 0 Å². The molecule has 1 aromatic rings. The summed E-state index contributed by atoms with van der Waals surface area (Å²) in [5.74, 6) is 1.80. The van der Waals surface area contributed by atoms with Crippen molar-refractivity contribution in [2.24, 2.45) is 11.8 Å². The van der Waals surface area contributed by atoms with Gasteiger partial charge in [-0.3, -0.25) is 4.68 Å². The van der Waals surface area contributed by atoms with Crippen molar-refractivity contribution in [2.75, 3.05) is 6.54 Å². The largest absolute Gasteiger partial charge is 0.312 e. The maximum atomic E-state index is 4.35. The molecule has 1 heterocycles. The van der Waals surface area contributed by atoms with Crippen LogP contribution in [0.4, 0.5) is 0 Å². The fourth-order valence-electron chi connectivity index (χ4n) is 2.78. The van der Waals surface area contributed by atoms with Crippen LogP contribution >= 0.6 is 0 Å². The Labute approximate surface area is 105 Å². The summed E-state index contributed by atoms with van der Waals surface area (Å²) in [5, 5.41) is 7.92. The van der Waals surface area contributed by atoms with E-state index >= 15 is 0 Å². The van der Waals surface area contributed by atoms with Crippen LogP contribution in [0.1, 0.15) is 45.1 Å². The van der Waals surface area contributed by atoms with Gasteiger partial charge in [-0.05, 0) is 31.2 Å². The van der Waals surface area contributed by atoms with Gasteiger partial charge in [0.25, 0.3) is 0 Å². The van der Waals surface area contributed by atoms with E-state index in [1.54, 1.807) is 0 Å². The van der Waals surface area contributed by atoms with E-state index in [-0.39, 0.29) is 0 Å². The summed E-state index contributed by atoms with van der Waals surface area (Å²) in [5.41, 5.74) is 1.31. The minimum Gasteiger partial charge on any atom is -0.312 e. The van der Waals surface area contributed by atoms with Gasteiger partial charge in [0.15, 0.2) is 0 Å². The van der Waals surface area contributed by atoms with Gasteiger partial charge >= 0.3 is 0 Å². The Hall–Kier alpha value is -0.830. The lowest BCUT2D eigenvalue weighted by Gasteiger charge is -2.15. The lowest BCUT2D eigenvalue weighted by molar-refractivity contribution is 0.392. The zero-order valence-corrected chi connectivity index (χ0v) is 11.2. The Morgan fingerprint density at radius 3 is 3.06 bits per heavy atom. The Morgan fingerprint density at radius 2 is 2.35 bits per heavy atom. The second kappa shape index (κ2) is 6.20. The highest BCUT2D eigenvalue weighted by Gasteiger charge is 2.22. The fraction of sp³-hybridized carbons (Fsp3) is 0.786. The van der Waals surface area contributed by atoms with Crippen LogP contribution in [0, 0.1) is 11.8 Å². The molecule has 1 N–H and O–H groups in total. The molecule has 3 nitrogen and oxygen atoms in total. The lowest BCUT2D eigenvalue weighted by atomic mass is 9.98. The van der Waals surface area contributed by atoms with E-state index in [0.717, 1.165) is 31.3 Å². The average molecular weight is 235 g/mol. The molecule has 1 aliphatic carbocycles. The first-order chi connectivity index (χ1) is 8.29. The molecule has 0 bridgehead atoms. The second-order valence-corrected chi connectivity index (χ2v) is 5.41. The molecule has 0 aliphatic heterocycles. The Kier molecular flexibility index (Phi) is 4.60. The fourth-order valence-corrected chi connectivity index (χ4v) is 2.78. The van der Waals surface area contributed by atoms with E-state index in [1.165, 1.54) is 31.4 Å². The molecular weight excluding hydrogens is 210 g/mol. The molecule has 0 saturated heterocycles. The highest BCUT2D eigenvalue weighted by Crippen LogP contribution is 2.30. The van der Waals surface area contributed by atoms with Crippen LogP contribution in [-0.2, 0) is 13.1 Å². The van der Waals surface area contributed by atoms with Crippen molar-refractivity contribution in [1.29, 1.82) is 0 Å². The zero-order valence-electron chi connectivity index (χ0n) is 11.2. The summed E-state index contributed by atoms with van der Waals surface area (Å²) >= 11 is 0. The van der Waals surface area contributed by atoms with Crippen molar-refractivity contribution in [3.05, 3.63) is 18.0 Å². The predicted octanol–water partition coefficient (Wildman–Crippen LogP) is 2.82. The van der Waals surface area contributed by atoms with Crippen LogP contribution in [0.25, 0.3) is 0 Å². The average Bonchev–Trinajstić information content (AvgIpc) is 2.90. The summed E-state index contributed by atoms with van der Waals surface area (Å²) in [7, 11) is 0. The number of hydrogen-bond donors (Lipinski definition) is 1. The van der Waals surface area contributed by atoms with Crippen LogP contribution in [0.2, 0.25) is 0 Å². The quantitative estimate of drug-likeness (QED) is 0.821. The van der Waals surface area contributed by atoms with Gasteiger partial charge in [0, 0.05) is 24.8 Å². The molecule has 1 fully saturated rings. The van der Waals surface area contributed by atoms with Crippen LogP contribution in [0.5, 0.6) is 0 Å². The van der Waals surface area contributed by atoms with Crippen LogP contribution in [-0.4, -0.2) is 16.3 Å². The van der Waals surface area contributed by atoms with Gasteiger partial charge in [0.2, 0.25) is 0 Å². The Balaban J connectivity index is 1.70. The molecule has 1 saturated carbocycles. The van der Waals surface area contributed by atoms with E-state index in [0.29, 0.717) is 0 Å². The van der Waals surface area contributed by atoms with Gasteiger partial charge < -0.3 is 5.32 Å². The van der Waals surface area contributed by atoms with Gasteiger partial charge in [-0.25, -0.2) is 0 Å². The number of aryl methyl sites for hydroxylation is 1. The monoisotopic (exact) mass is 235 g/mol. The van der Waals surface area contributed by atoms with Gasteiger partial charge in [-0.2, -0.15) is 5.10 Å². The first-order valence-corrected chi connectivity index (χ1v) is 7.01. The highest BCUT2D eigenvalue weighted by molar-refractivity contribution is 5.03. The van der Waals surface area contributed by atoms with Crippen molar-refractivity contribution in [3.63, 3.8) is 0 Å². The maximum Gasteiger partial charge on any atom is 0.0534 e. The summed E-state index contributed by atoms with van der Waals surface area (Å²) in [6.07, 6.45) is 9.54. The summed E-state index contributed by atoms with van der Waals surface area (Å²) in [6, 6.07) is 0. The highest BCUT2D eigenvalue weighted by atomic mass is 15.3. The molecule has 1 aromatic heterocycles. The van der Waals surface area contributed by atoms with Crippen molar-refractivity contribution in [2.45, 2.75) is 52.6 Å². The lowest BCUT2D eigenvalue weighted by Crippen LogP contribution is -2.23. The van der Waals surface area contributed by atoms with E-state index in [4.69, 9.17) is 0 Å². The summed E-state index contributed by atoms with van der Waals surface area (Å²) < 4.78 is 2.04. The van der Waals surface area contributed by atoms with Crippen LogP contribution < -0.4 is 5.32 Å². The molecule has 1 aliphatic rings. The van der Waals surface area contributed by atoms with Gasteiger partial charge in [0.05, 0.1) is 6.20 Å². The molecule has 2 atom stereocenters. The predicted molar refractivity (Wildman–Crippen MR) is 70.7 cm³/mol. The number of nitrogens with one attached hydrogen (secondary N) is 1. The van der Waals surface area contributed by atoms with E-state index in [2.05, 4.69) is 30.5 Å². The Morgan fingerprint density at radius 1 is 1.47 bits per heavy atom. The first-order valence-electron chi connectivity index (χ1n) is 7.01. The standard InChI is InChI=1S/C14H25N3/c1-3-7-17-11-13(9-16-17)8-15-10-14-6-4-5-12(14)2/h9,11-12,14-15H,3-8,10H2,1-2H3. The number of aromatic nitrogens is 2. The Bertz CT molecular complexity index is 332. The van der Waals surface area contributed by atoms with Gasteiger partial charge in [-0.15, -0.1) is 0 Å². The molecule has 0 spiro atoms. The van der Waals surface area contributed by atoms with Crippen LogP contribution in [0.15, 0.2) is 12.4 Å². The molecule has 17 heavy (non-hydrogen) atoms. The normalized spacial score (nSPS) is 24.4. The van der Waals surface area contributed by atoms with E-state index in [9.17, 15) is 0 Å². The summed E-state index contributed by atoms with van der Waals surface area (Å²) in [6.45, 7) is 7.73. The summed E-state index contributed by atoms with van der Waals surface area (Å²) in [4.78, 5) is 0. The minimum atomic E-state index is 0.890. The van der Waals surface area contributed by atoms with Crippen molar-refractivity contribution in [3.8, 4) is 0 Å². The van der Waals surface area contributed by atoms with E-state index < -0.39 is 0 Å². The van der Waals surface area contributed by atoms with Crippen molar-refractivity contribution in [1.82, 2.24) is 15.1 Å². The third-order valence-corrected chi connectivity index (χ3v) is 3.91. The molecule has 0 aromatic carbocycles. The van der Waals surface area contributed by atoms with Crippen molar-refractivity contribution >= 4 is 0 Å². The zero-order chi connectivity index (χ0) is 12.1. The smallest absolute Gasteiger partial charge is 0.0534 e. The molecule has 0 radical (unpaired) electrons. The third kappa shape index (κ3) is 3.56. The van der Waals surface area contributed by atoms with Gasteiger partial charge in [-0.1, -0.05) is 26.7 Å². The van der Waals surface area contributed by atoms with Gasteiger partial charge in [0.1, 0.15) is 0 Å². The third-order valence-electron chi connectivity index (χ3n) is 3.91. The molecule has 2 unspecified atom stereocenters. The molecule has 2 rings (SSSR count). The molecule has 96 valence electrons. The van der Waals surface area contributed by atoms with Crippen molar-refractivity contribution < 1.29 is 0 Å². The number of hydrogen-bond acceptors (Lipinski definition) is 2. The molecule has 3 heteroatoms. The first kappa shape index (κ1) is 12.6. The second-order valence-electron chi connectivity index (χ2n) is 5.41. The number of rotatable bonds is 6. The maximum absolute atomic E-state index is 4.35. The minimum absolute atomic E-state index is 0.890. The molecular formula is C14H25N3. The number of nitrogens with zero attached hydrogens (tertiary/aromatic N) is 2. The SMILES string of the molecule is CCCn1cc(CNCC2CCCC2C)cn1.